The first-order chi connectivity index (χ1) is 9.49. The van der Waals surface area contributed by atoms with Crippen LogP contribution < -0.4 is 10.6 Å². The highest BCUT2D eigenvalue weighted by Crippen LogP contribution is 2.32. The Hall–Kier alpha value is -1.90. The van der Waals surface area contributed by atoms with Gasteiger partial charge in [-0.05, 0) is 12.1 Å². The lowest BCUT2D eigenvalue weighted by Gasteiger charge is -2.07. The average molecular weight is 310 g/mol. The smallest absolute Gasteiger partial charge is 0.341 e. The number of ether oxygens (including phenoxy) is 1. The Morgan fingerprint density at radius 3 is 2.80 bits per heavy atom. The van der Waals surface area contributed by atoms with E-state index in [1.807, 2.05) is 0 Å². The summed E-state index contributed by atoms with van der Waals surface area (Å²) < 4.78 is 5.42. The molecule has 1 aromatic rings. The van der Waals surface area contributed by atoms with E-state index >= 15 is 0 Å². The molecule has 1 fully saturated rings. The normalized spacial score (nSPS) is 16.9. The van der Waals surface area contributed by atoms with Gasteiger partial charge in [0.15, 0.2) is 10.9 Å². The summed E-state index contributed by atoms with van der Waals surface area (Å²) in [5.41, 5.74) is 0.586. The maximum absolute atomic E-state index is 11.8. The van der Waals surface area contributed by atoms with Gasteiger partial charge in [0.05, 0.1) is 4.91 Å². The van der Waals surface area contributed by atoms with Gasteiger partial charge in [-0.2, -0.15) is 0 Å². The molecule has 0 spiro atoms. The quantitative estimate of drug-likeness (QED) is 0.374. The molecule has 6 nitrogen and oxygen atoms in total. The summed E-state index contributed by atoms with van der Waals surface area (Å²) in [5.74, 6) is 4.38. The zero-order chi connectivity index (χ0) is 14.7. The van der Waals surface area contributed by atoms with Gasteiger partial charge in [0.1, 0.15) is 5.75 Å². The molecule has 0 saturated carbocycles. The number of hydrogen-bond acceptors (Lipinski definition) is 6. The van der Waals surface area contributed by atoms with E-state index in [1.165, 1.54) is 0 Å². The number of thiocarbonyl (C=S) groups is 1. The van der Waals surface area contributed by atoms with Crippen LogP contribution in [0.25, 0.3) is 6.08 Å². The lowest BCUT2D eigenvalue weighted by atomic mass is 10.2. The Bertz CT molecular complexity index is 615. The van der Waals surface area contributed by atoms with Gasteiger partial charge in [0.2, 0.25) is 0 Å². The first-order valence-electron chi connectivity index (χ1n) is 5.45. The van der Waals surface area contributed by atoms with Crippen molar-refractivity contribution < 1.29 is 19.4 Å². The molecule has 0 unspecified atom stereocenters. The van der Waals surface area contributed by atoms with Crippen molar-refractivity contribution in [3.05, 3.63) is 34.7 Å². The topological polar surface area (TPSA) is 92.9 Å². The van der Waals surface area contributed by atoms with Gasteiger partial charge in [0, 0.05) is 5.56 Å². The molecular formula is C12H10N2O4S2. The molecule has 3 N–H and O–H groups in total. The fourth-order valence-corrected chi connectivity index (χ4v) is 2.58. The highest BCUT2D eigenvalue weighted by molar-refractivity contribution is 8.26. The molecular weight excluding hydrogens is 300 g/mol. The highest BCUT2D eigenvalue weighted by Gasteiger charge is 2.29. The maximum atomic E-state index is 11.8. The van der Waals surface area contributed by atoms with Crippen LogP contribution >= 0.6 is 24.0 Å². The number of carboxylic acids is 1. The summed E-state index contributed by atoms with van der Waals surface area (Å²) >= 11 is 6.01. The molecule has 0 aliphatic carbocycles. The summed E-state index contributed by atoms with van der Waals surface area (Å²) in [4.78, 5) is 22.7. The number of carbonyl (C=O) groups excluding carboxylic acids is 1. The van der Waals surface area contributed by atoms with Crippen molar-refractivity contribution in [3.63, 3.8) is 0 Å². The molecule has 0 bridgehead atoms. The number of nitrogens with zero attached hydrogens (tertiary/aromatic N) is 1. The molecule has 0 aromatic heterocycles. The number of para-hydroxylation sites is 1. The van der Waals surface area contributed by atoms with Crippen LogP contribution in [0.2, 0.25) is 0 Å². The van der Waals surface area contributed by atoms with Crippen LogP contribution in [0, 0.1) is 0 Å². The van der Waals surface area contributed by atoms with E-state index in [-0.39, 0.29) is 4.32 Å². The number of nitrogens with two attached hydrogens (primary N) is 1. The first kappa shape index (κ1) is 14.5. The van der Waals surface area contributed by atoms with Crippen molar-refractivity contribution in [3.8, 4) is 5.75 Å². The van der Waals surface area contributed by atoms with Crippen LogP contribution in [0.15, 0.2) is 29.2 Å². The van der Waals surface area contributed by atoms with Crippen molar-refractivity contribution in [1.29, 1.82) is 0 Å². The minimum Gasteiger partial charge on any atom is -0.481 e. The molecule has 8 heteroatoms. The van der Waals surface area contributed by atoms with E-state index < -0.39 is 18.5 Å². The third kappa shape index (κ3) is 3.16. The minimum absolute atomic E-state index is 0.269. The van der Waals surface area contributed by atoms with E-state index in [0.29, 0.717) is 16.2 Å². The van der Waals surface area contributed by atoms with Crippen molar-refractivity contribution in [2.75, 3.05) is 6.61 Å². The fourth-order valence-electron chi connectivity index (χ4n) is 1.49. The number of amides is 1. The number of hydrogen-bond donors (Lipinski definition) is 2. The zero-order valence-corrected chi connectivity index (χ0v) is 11.7. The number of thioether (sulfide) groups is 1. The van der Waals surface area contributed by atoms with Gasteiger partial charge in [-0.1, -0.05) is 42.2 Å². The van der Waals surface area contributed by atoms with Crippen LogP contribution in [-0.2, 0) is 9.59 Å². The van der Waals surface area contributed by atoms with Gasteiger partial charge < -0.3 is 9.84 Å². The molecule has 1 saturated heterocycles. The lowest BCUT2D eigenvalue weighted by Crippen LogP contribution is -2.34. The average Bonchev–Trinajstić information content (AvgIpc) is 2.65. The van der Waals surface area contributed by atoms with Crippen molar-refractivity contribution >= 4 is 46.3 Å². The second-order valence-corrected chi connectivity index (χ2v) is 5.45. The molecule has 0 atom stereocenters. The minimum atomic E-state index is -1.08. The maximum Gasteiger partial charge on any atom is 0.341 e. The molecule has 1 aliphatic heterocycles. The third-order valence-electron chi connectivity index (χ3n) is 2.38. The number of hydrazine groups is 1. The molecule has 0 radical (unpaired) electrons. The molecule has 1 heterocycles. The Morgan fingerprint density at radius 1 is 1.50 bits per heavy atom. The Morgan fingerprint density at radius 2 is 2.20 bits per heavy atom. The summed E-state index contributed by atoms with van der Waals surface area (Å²) in [6.45, 7) is -0.456. The monoisotopic (exact) mass is 310 g/mol. The van der Waals surface area contributed by atoms with Crippen LogP contribution in [0.1, 0.15) is 5.56 Å². The van der Waals surface area contributed by atoms with E-state index in [1.54, 1.807) is 30.3 Å². The molecule has 1 aromatic carbocycles. The van der Waals surface area contributed by atoms with E-state index in [2.05, 4.69) is 0 Å². The number of aliphatic carboxylic acids is 1. The number of benzene rings is 1. The van der Waals surface area contributed by atoms with Crippen molar-refractivity contribution in [1.82, 2.24) is 5.01 Å². The molecule has 2 rings (SSSR count). The standard InChI is InChI=1S/C12H10N2O4S2/c13-14-11(17)9(20-12(14)19)5-7-3-1-2-4-8(7)18-6-10(15)16/h1-5H,6,13H2,(H,15,16)/b9-5-. The Kier molecular flexibility index (Phi) is 4.38. The van der Waals surface area contributed by atoms with E-state index in [9.17, 15) is 9.59 Å². The van der Waals surface area contributed by atoms with E-state index in [4.69, 9.17) is 27.9 Å². The van der Waals surface area contributed by atoms with Gasteiger partial charge in [-0.25, -0.2) is 15.6 Å². The van der Waals surface area contributed by atoms with Crippen LogP contribution in [0.4, 0.5) is 0 Å². The predicted octanol–water partition coefficient (Wildman–Crippen LogP) is 1.22. The molecule has 1 aliphatic rings. The van der Waals surface area contributed by atoms with Crippen LogP contribution in [0.5, 0.6) is 5.75 Å². The number of rotatable bonds is 4. The summed E-state index contributed by atoms with van der Waals surface area (Å²) in [5, 5.41) is 9.52. The third-order valence-corrected chi connectivity index (χ3v) is 3.71. The summed E-state index contributed by atoms with van der Waals surface area (Å²) in [7, 11) is 0. The molecule has 20 heavy (non-hydrogen) atoms. The second-order valence-electron chi connectivity index (χ2n) is 3.77. The van der Waals surface area contributed by atoms with Crippen LogP contribution in [0.3, 0.4) is 0 Å². The zero-order valence-electron chi connectivity index (χ0n) is 10.1. The number of carboxylic acid groups (broad SMARTS) is 1. The fraction of sp³-hybridized carbons (Fsp3) is 0.0833. The summed E-state index contributed by atoms with van der Waals surface area (Å²) in [6, 6.07) is 6.80. The highest BCUT2D eigenvalue weighted by atomic mass is 32.2. The van der Waals surface area contributed by atoms with Crippen molar-refractivity contribution in [2.24, 2.45) is 5.84 Å². The Balaban J connectivity index is 2.27. The van der Waals surface area contributed by atoms with Gasteiger partial charge in [-0.15, -0.1) is 0 Å². The first-order valence-corrected chi connectivity index (χ1v) is 6.68. The SMILES string of the molecule is NN1C(=O)/C(=C/c2ccccc2OCC(=O)O)SC1=S. The Labute approximate surface area is 124 Å². The second kappa shape index (κ2) is 6.04. The molecule has 104 valence electrons. The van der Waals surface area contributed by atoms with Gasteiger partial charge in [-0.3, -0.25) is 4.79 Å². The molecule has 1 amide bonds. The largest absolute Gasteiger partial charge is 0.481 e. The lowest BCUT2D eigenvalue weighted by molar-refractivity contribution is -0.139. The van der Waals surface area contributed by atoms with Crippen LogP contribution in [-0.4, -0.2) is 32.9 Å². The van der Waals surface area contributed by atoms with Gasteiger partial charge in [0.25, 0.3) is 5.91 Å². The van der Waals surface area contributed by atoms with Gasteiger partial charge >= 0.3 is 5.97 Å². The van der Waals surface area contributed by atoms with E-state index in [0.717, 1.165) is 16.8 Å². The predicted molar refractivity (Wildman–Crippen MR) is 78.8 cm³/mol. The summed E-state index contributed by atoms with van der Waals surface area (Å²) in [6.07, 6.45) is 1.57. The van der Waals surface area contributed by atoms with Crippen molar-refractivity contribution in [2.45, 2.75) is 0 Å². The number of carbonyl (C=O) groups is 2.